The maximum atomic E-state index is 12.2. The molecule has 0 saturated carbocycles. The number of carbonyl (C=O) groups is 2. The van der Waals surface area contributed by atoms with Gasteiger partial charge >= 0.3 is 5.97 Å². The van der Waals surface area contributed by atoms with E-state index in [0.29, 0.717) is 17.3 Å². The molecule has 6 nitrogen and oxygen atoms in total. The number of nitrogens with zero attached hydrogens (tertiary/aromatic N) is 2. The molecular weight excluding hydrogens is 341 g/mol. The van der Waals surface area contributed by atoms with Crippen molar-refractivity contribution in [2.45, 2.75) is 19.4 Å². The van der Waals surface area contributed by atoms with Crippen molar-refractivity contribution in [3.63, 3.8) is 0 Å². The van der Waals surface area contributed by atoms with Gasteiger partial charge in [0.15, 0.2) is 6.10 Å². The van der Waals surface area contributed by atoms with Crippen molar-refractivity contribution in [3.8, 4) is 0 Å². The minimum atomic E-state index is -0.976. The van der Waals surface area contributed by atoms with Crippen LogP contribution in [0.1, 0.15) is 23.7 Å². The molecule has 23 heavy (non-hydrogen) atoms. The minimum Gasteiger partial charge on any atom is -0.449 e. The highest BCUT2D eigenvalue weighted by Crippen LogP contribution is 2.15. The van der Waals surface area contributed by atoms with Crippen LogP contribution in [0, 0.1) is 0 Å². The first-order valence-electron chi connectivity index (χ1n) is 6.75. The Hall–Kier alpha value is -2.18. The molecule has 1 unspecified atom stereocenters. The van der Waals surface area contributed by atoms with E-state index in [1.165, 1.54) is 18.5 Å². The molecular formula is C15H13Cl2N3O3. The van der Waals surface area contributed by atoms with Crippen molar-refractivity contribution in [2.75, 3.05) is 5.32 Å². The fourth-order valence-corrected chi connectivity index (χ4v) is 2.02. The maximum Gasteiger partial charge on any atom is 0.342 e. The molecule has 1 N–H and O–H groups in total. The summed E-state index contributed by atoms with van der Waals surface area (Å²) in [6.45, 7) is 1.72. The molecule has 2 rings (SSSR count). The van der Waals surface area contributed by atoms with Gasteiger partial charge in [0.2, 0.25) is 0 Å². The molecule has 0 radical (unpaired) electrons. The van der Waals surface area contributed by atoms with Gasteiger partial charge in [-0.1, -0.05) is 30.1 Å². The smallest absolute Gasteiger partial charge is 0.342 e. The first kappa shape index (κ1) is 17.2. The number of ether oxygens (including phenoxy) is 1. The number of amides is 1. The van der Waals surface area contributed by atoms with E-state index in [0.717, 1.165) is 0 Å². The Morgan fingerprint density at radius 2 is 2.04 bits per heavy atom. The van der Waals surface area contributed by atoms with Crippen LogP contribution in [-0.2, 0) is 9.53 Å². The van der Waals surface area contributed by atoms with Crippen molar-refractivity contribution < 1.29 is 14.3 Å². The number of carbonyl (C=O) groups excluding carboxylic acids is 2. The highest BCUT2D eigenvalue weighted by molar-refractivity contribution is 6.32. The van der Waals surface area contributed by atoms with Gasteiger partial charge in [-0.2, -0.15) is 0 Å². The van der Waals surface area contributed by atoms with Crippen LogP contribution in [-0.4, -0.2) is 27.9 Å². The van der Waals surface area contributed by atoms with E-state index >= 15 is 0 Å². The van der Waals surface area contributed by atoms with Crippen molar-refractivity contribution in [1.29, 1.82) is 0 Å². The fourth-order valence-electron chi connectivity index (χ4n) is 1.71. The van der Waals surface area contributed by atoms with Crippen molar-refractivity contribution in [3.05, 3.63) is 52.4 Å². The molecule has 0 saturated heterocycles. The molecule has 0 spiro atoms. The predicted molar refractivity (Wildman–Crippen MR) is 86.6 cm³/mol. The van der Waals surface area contributed by atoms with E-state index in [9.17, 15) is 9.59 Å². The number of hydrogen-bond donors (Lipinski definition) is 1. The second kappa shape index (κ2) is 7.89. The lowest BCUT2D eigenvalue weighted by atomic mass is 10.2. The van der Waals surface area contributed by atoms with Crippen LogP contribution in [0.15, 0.2) is 36.7 Å². The van der Waals surface area contributed by atoms with Gasteiger partial charge in [-0.05, 0) is 30.7 Å². The molecule has 8 heteroatoms. The average molecular weight is 354 g/mol. The third-order valence-electron chi connectivity index (χ3n) is 2.87. The van der Waals surface area contributed by atoms with Gasteiger partial charge in [-0.15, -0.1) is 0 Å². The number of pyridine rings is 2. The van der Waals surface area contributed by atoms with Crippen LogP contribution in [0.3, 0.4) is 0 Å². The lowest BCUT2D eigenvalue weighted by Gasteiger charge is -2.16. The Labute approximate surface area is 142 Å². The van der Waals surface area contributed by atoms with Gasteiger partial charge in [0, 0.05) is 12.4 Å². The van der Waals surface area contributed by atoms with Gasteiger partial charge in [0.25, 0.3) is 5.91 Å². The molecule has 0 bridgehead atoms. The Bertz CT molecular complexity index is 707. The van der Waals surface area contributed by atoms with E-state index in [1.807, 2.05) is 0 Å². The standard InChI is InChI=1S/C15H13Cl2N3O3/c1-2-11(14(21)20-12-6-5-9(16)8-19-12)23-15(22)10-4-3-7-18-13(10)17/h3-8,11H,2H2,1H3,(H,19,20,21). The summed E-state index contributed by atoms with van der Waals surface area (Å²) < 4.78 is 5.20. The number of esters is 1. The summed E-state index contributed by atoms with van der Waals surface area (Å²) in [5.74, 6) is -0.891. The van der Waals surface area contributed by atoms with Crippen LogP contribution >= 0.6 is 23.2 Å². The second-order valence-electron chi connectivity index (χ2n) is 4.49. The van der Waals surface area contributed by atoms with Crippen LogP contribution in [0.2, 0.25) is 10.2 Å². The average Bonchev–Trinajstić information content (AvgIpc) is 2.54. The van der Waals surface area contributed by atoms with Gasteiger partial charge in [-0.3, -0.25) is 4.79 Å². The Morgan fingerprint density at radius 1 is 1.26 bits per heavy atom. The van der Waals surface area contributed by atoms with E-state index < -0.39 is 18.0 Å². The number of aromatic nitrogens is 2. The third kappa shape index (κ3) is 4.64. The van der Waals surface area contributed by atoms with Crippen LogP contribution in [0.4, 0.5) is 5.82 Å². The summed E-state index contributed by atoms with van der Waals surface area (Å²) >= 11 is 11.6. The zero-order valence-electron chi connectivity index (χ0n) is 12.1. The zero-order valence-corrected chi connectivity index (χ0v) is 13.6. The normalized spacial score (nSPS) is 11.6. The van der Waals surface area contributed by atoms with Gasteiger partial charge in [0.1, 0.15) is 11.0 Å². The van der Waals surface area contributed by atoms with Gasteiger partial charge < -0.3 is 10.1 Å². The Morgan fingerprint density at radius 3 is 2.65 bits per heavy atom. The molecule has 0 aliphatic rings. The van der Waals surface area contributed by atoms with Crippen LogP contribution < -0.4 is 5.32 Å². The molecule has 0 fully saturated rings. The lowest BCUT2D eigenvalue weighted by molar-refractivity contribution is -0.124. The largest absolute Gasteiger partial charge is 0.449 e. The van der Waals surface area contributed by atoms with Crippen molar-refractivity contribution in [1.82, 2.24) is 9.97 Å². The predicted octanol–water partition coefficient (Wildman–Crippen LogP) is 3.36. The van der Waals surface area contributed by atoms with E-state index in [4.69, 9.17) is 27.9 Å². The summed E-state index contributed by atoms with van der Waals surface area (Å²) in [4.78, 5) is 32.0. The first-order valence-corrected chi connectivity index (χ1v) is 7.50. The highest BCUT2D eigenvalue weighted by atomic mass is 35.5. The van der Waals surface area contributed by atoms with Crippen LogP contribution in [0.5, 0.6) is 0 Å². The number of halogens is 2. The molecule has 2 aromatic rings. The van der Waals surface area contributed by atoms with Gasteiger partial charge in [0.05, 0.1) is 10.6 Å². The summed E-state index contributed by atoms with van der Waals surface area (Å²) in [6, 6.07) is 6.17. The van der Waals surface area contributed by atoms with Crippen molar-refractivity contribution >= 4 is 40.9 Å². The highest BCUT2D eigenvalue weighted by Gasteiger charge is 2.23. The fraction of sp³-hybridized carbons (Fsp3) is 0.200. The topological polar surface area (TPSA) is 81.2 Å². The lowest BCUT2D eigenvalue weighted by Crippen LogP contribution is -2.32. The summed E-state index contributed by atoms with van der Waals surface area (Å²) in [5, 5.41) is 3.03. The minimum absolute atomic E-state index is 0.0205. The molecule has 1 amide bonds. The van der Waals surface area contributed by atoms with Crippen molar-refractivity contribution in [2.24, 2.45) is 0 Å². The van der Waals surface area contributed by atoms with Crippen LogP contribution in [0.25, 0.3) is 0 Å². The van der Waals surface area contributed by atoms with E-state index in [2.05, 4.69) is 15.3 Å². The third-order valence-corrected chi connectivity index (χ3v) is 3.39. The second-order valence-corrected chi connectivity index (χ2v) is 5.29. The molecule has 1 atom stereocenters. The molecule has 0 aliphatic carbocycles. The molecule has 2 aromatic heterocycles. The maximum absolute atomic E-state index is 12.2. The number of hydrogen-bond acceptors (Lipinski definition) is 5. The number of anilines is 1. The van der Waals surface area contributed by atoms with Gasteiger partial charge in [-0.25, -0.2) is 14.8 Å². The monoisotopic (exact) mass is 353 g/mol. The molecule has 120 valence electrons. The summed E-state index contributed by atoms with van der Waals surface area (Å²) in [7, 11) is 0. The molecule has 0 aromatic carbocycles. The number of rotatable bonds is 5. The summed E-state index contributed by atoms with van der Waals surface area (Å²) in [6.07, 6.45) is 2.18. The summed E-state index contributed by atoms with van der Waals surface area (Å²) in [5.41, 5.74) is 0.102. The zero-order chi connectivity index (χ0) is 16.8. The SMILES string of the molecule is CCC(OC(=O)c1cccnc1Cl)C(=O)Nc1ccc(Cl)cn1. The number of nitrogens with one attached hydrogen (secondary N) is 1. The Kier molecular flexibility index (Phi) is 5.90. The quantitative estimate of drug-likeness (QED) is 0.658. The molecule has 2 heterocycles. The Balaban J connectivity index is 2.04. The van der Waals surface area contributed by atoms with E-state index in [1.54, 1.807) is 25.1 Å². The first-order chi connectivity index (χ1) is 11.0. The van der Waals surface area contributed by atoms with E-state index in [-0.39, 0.29) is 10.7 Å². The molecule has 0 aliphatic heterocycles.